The van der Waals surface area contributed by atoms with Crippen molar-refractivity contribution >= 4 is 10.0 Å². The van der Waals surface area contributed by atoms with Gasteiger partial charge < -0.3 is 4.52 Å². The fourth-order valence-corrected chi connectivity index (χ4v) is 3.52. The molecule has 1 aromatic heterocycles. The molecule has 0 aromatic carbocycles. The number of rotatable bonds is 3. The van der Waals surface area contributed by atoms with Gasteiger partial charge in [0.25, 0.3) is 0 Å². The third-order valence-corrected chi connectivity index (χ3v) is 5.48. The molecule has 2 rings (SSSR count). The van der Waals surface area contributed by atoms with Crippen molar-refractivity contribution in [3.8, 4) is 0 Å². The van der Waals surface area contributed by atoms with E-state index in [4.69, 9.17) is 4.52 Å². The summed E-state index contributed by atoms with van der Waals surface area (Å²) in [4.78, 5) is 4.20. The van der Waals surface area contributed by atoms with Crippen LogP contribution in [0.1, 0.15) is 44.3 Å². The molecule has 1 aromatic rings. The lowest BCUT2D eigenvalue weighted by molar-refractivity contribution is 0.264. The van der Waals surface area contributed by atoms with Crippen molar-refractivity contribution in [1.29, 1.82) is 0 Å². The van der Waals surface area contributed by atoms with Crippen molar-refractivity contribution in [1.82, 2.24) is 14.4 Å². The largest absolute Gasteiger partial charge is 0.339 e. The molecule has 1 fully saturated rings. The standard InChI is InChI=1S/C11H19N3O3S/c1-8(2)18(15,16)14-6-4-5-10(7-14)11-12-9(3)13-17-11/h8,10H,4-7H2,1-3H3/t10-/m0/s1. The van der Waals surface area contributed by atoms with Crippen molar-refractivity contribution in [3.63, 3.8) is 0 Å². The molecule has 0 radical (unpaired) electrons. The number of aryl methyl sites for hydroxylation is 1. The van der Waals surface area contributed by atoms with Gasteiger partial charge in [-0.2, -0.15) is 4.98 Å². The molecule has 1 aliphatic rings. The van der Waals surface area contributed by atoms with Crippen molar-refractivity contribution in [2.75, 3.05) is 13.1 Å². The van der Waals surface area contributed by atoms with Crippen LogP contribution in [0.5, 0.6) is 0 Å². The first-order chi connectivity index (χ1) is 8.41. The smallest absolute Gasteiger partial charge is 0.231 e. The van der Waals surface area contributed by atoms with Crippen LogP contribution in [0.25, 0.3) is 0 Å². The summed E-state index contributed by atoms with van der Waals surface area (Å²) >= 11 is 0. The molecule has 2 heterocycles. The highest BCUT2D eigenvalue weighted by molar-refractivity contribution is 7.89. The second kappa shape index (κ2) is 4.97. The summed E-state index contributed by atoms with van der Waals surface area (Å²) < 4.78 is 30.9. The molecule has 1 saturated heterocycles. The lowest BCUT2D eigenvalue weighted by Crippen LogP contribution is -2.42. The molecular formula is C11H19N3O3S. The molecule has 0 saturated carbocycles. The van der Waals surface area contributed by atoms with E-state index in [-0.39, 0.29) is 11.2 Å². The molecule has 1 aliphatic heterocycles. The minimum absolute atomic E-state index is 0.0217. The molecule has 1 atom stereocenters. The average molecular weight is 273 g/mol. The molecule has 102 valence electrons. The third-order valence-electron chi connectivity index (χ3n) is 3.23. The van der Waals surface area contributed by atoms with Gasteiger partial charge in [-0.05, 0) is 33.6 Å². The summed E-state index contributed by atoms with van der Waals surface area (Å²) in [5.74, 6) is 1.17. The first kappa shape index (κ1) is 13.5. The molecule has 0 N–H and O–H groups in total. The summed E-state index contributed by atoms with van der Waals surface area (Å²) in [6.45, 7) is 6.20. The molecule has 0 amide bonds. The first-order valence-corrected chi connectivity index (χ1v) is 7.70. The third kappa shape index (κ3) is 2.56. The van der Waals surface area contributed by atoms with Crippen LogP contribution in [0.3, 0.4) is 0 Å². The predicted molar refractivity (Wildman–Crippen MR) is 66.6 cm³/mol. The van der Waals surface area contributed by atoms with Gasteiger partial charge in [0, 0.05) is 13.1 Å². The maximum atomic E-state index is 12.1. The van der Waals surface area contributed by atoms with Crippen molar-refractivity contribution in [2.45, 2.75) is 44.8 Å². The minimum atomic E-state index is -3.19. The number of nitrogens with zero attached hydrogens (tertiary/aromatic N) is 3. The summed E-state index contributed by atoms with van der Waals surface area (Å²) in [6, 6.07) is 0. The van der Waals surface area contributed by atoms with Gasteiger partial charge in [-0.25, -0.2) is 12.7 Å². The van der Waals surface area contributed by atoms with E-state index in [1.807, 2.05) is 0 Å². The fraction of sp³-hybridized carbons (Fsp3) is 0.818. The van der Waals surface area contributed by atoms with Gasteiger partial charge in [-0.3, -0.25) is 0 Å². The molecule has 0 unspecified atom stereocenters. The summed E-state index contributed by atoms with van der Waals surface area (Å²) in [5, 5.41) is 3.37. The molecule has 6 nitrogen and oxygen atoms in total. The van der Waals surface area contributed by atoms with Crippen LogP contribution >= 0.6 is 0 Å². The Hall–Kier alpha value is -0.950. The van der Waals surface area contributed by atoms with Gasteiger partial charge in [0.05, 0.1) is 11.2 Å². The summed E-state index contributed by atoms with van der Waals surface area (Å²) in [5.41, 5.74) is 0. The van der Waals surface area contributed by atoms with Gasteiger partial charge in [-0.15, -0.1) is 0 Å². The van der Waals surface area contributed by atoms with Gasteiger partial charge in [0.1, 0.15) is 0 Å². The average Bonchev–Trinajstić information content (AvgIpc) is 2.76. The first-order valence-electron chi connectivity index (χ1n) is 6.20. The monoisotopic (exact) mass is 273 g/mol. The van der Waals surface area contributed by atoms with E-state index >= 15 is 0 Å². The van der Waals surface area contributed by atoms with Crippen LogP contribution < -0.4 is 0 Å². The number of aromatic nitrogens is 2. The zero-order valence-electron chi connectivity index (χ0n) is 11.0. The highest BCUT2D eigenvalue weighted by Gasteiger charge is 2.33. The molecule has 7 heteroatoms. The fourth-order valence-electron chi connectivity index (χ4n) is 2.15. The normalized spacial score (nSPS) is 22.6. The Labute approximate surface area is 107 Å². The zero-order valence-corrected chi connectivity index (χ0v) is 11.8. The van der Waals surface area contributed by atoms with E-state index < -0.39 is 10.0 Å². The van der Waals surface area contributed by atoms with E-state index in [0.717, 1.165) is 12.8 Å². The SMILES string of the molecule is Cc1noc([C@H]2CCCN(S(=O)(=O)C(C)C)C2)n1. The van der Waals surface area contributed by atoms with E-state index in [0.29, 0.717) is 24.8 Å². The lowest BCUT2D eigenvalue weighted by Gasteiger charge is -2.31. The molecule has 0 spiro atoms. The van der Waals surface area contributed by atoms with E-state index in [9.17, 15) is 8.42 Å². The van der Waals surface area contributed by atoms with Gasteiger partial charge in [0.15, 0.2) is 5.82 Å². The van der Waals surface area contributed by atoms with Crippen molar-refractivity contribution < 1.29 is 12.9 Å². The number of piperidine rings is 1. The Morgan fingerprint density at radius 3 is 2.72 bits per heavy atom. The van der Waals surface area contributed by atoms with Crippen LogP contribution in [0.4, 0.5) is 0 Å². The zero-order chi connectivity index (χ0) is 13.3. The van der Waals surface area contributed by atoms with Crippen LogP contribution in [0.15, 0.2) is 4.52 Å². The number of hydrogen-bond donors (Lipinski definition) is 0. The second-order valence-corrected chi connectivity index (χ2v) is 7.46. The Kier molecular flexibility index (Phi) is 3.72. The van der Waals surface area contributed by atoms with Crippen molar-refractivity contribution in [2.24, 2.45) is 0 Å². The molecule has 18 heavy (non-hydrogen) atoms. The highest BCUT2D eigenvalue weighted by atomic mass is 32.2. The van der Waals surface area contributed by atoms with Gasteiger partial charge >= 0.3 is 0 Å². The van der Waals surface area contributed by atoms with Gasteiger partial charge in [-0.1, -0.05) is 5.16 Å². The molecule has 0 aliphatic carbocycles. The van der Waals surface area contributed by atoms with E-state index in [1.165, 1.54) is 0 Å². The Morgan fingerprint density at radius 2 is 2.17 bits per heavy atom. The minimum Gasteiger partial charge on any atom is -0.339 e. The number of sulfonamides is 1. The van der Waals surface area contributed by atoms with Crippen LogP contribution in [0.2, 0.25) is 0 Å². The Bertz CT molecular complexity index is 509. The predicted octanol–water partition coefficient (Wildman–Crippen LogP) is 1.30. The maximum Gasteiger partial charge on any atom is 0.231 e. The topological polar surface area (TPSA) is 76.3 Å². The highest BCUT2D eigenvalue weighted by Crippen LogP contribution is 2.28. The van der Waals surface area contributed by atoms with Crippen LogP contribution in [0, 0.1) is 6.92 Å². The summed E-state index contributed by atoms with van der Waals surface area (Å²) in [6.07, 6.45) is 1.73. The molecular weight excluding hydrogens is 254 g/mol. The van der Waals surface area contributed by atoms with Crippen LogP contribution in [-0.4, -0.2) is 41.2 Å². The van der Waals surface area contributed by atoms with E-state index in [2.05, 4.69) is 10.1 Å². The second-order valence-electron chi connectivity index (χ2n) is 4.97. The Morgan fingerprint density at radius 1 is 1.44 bits per heavy atom. The number of hydrogen-bond acceptors (Lipinski definition) is 5. The maximum absolute atomic E-state index is 12.1. The quantitative estimate of drug-likeness (QED) is 0.829. The van der Waals surface area contributed by atoms with E-state index in [1.54, 1.807) is 25.1 Å². The Balaban J connectivity index is 2.14. The van der Waals surface area contributed by atoms with Gasteiger partial charge in [0.2, 0.25) is 15.9 Å². The van der Waals surface area contributed by atoms with Crippen LogP contribution in [-0.2, 0) is 10.0 Å². The summed E-state index contributed by atoms with van der Waals surface area (Å²) in [7, 11) is -3.19. The lowest BCUT2D eigenvalue weighted by atomic mass is 10.00. The van der Waals surface area contributed by atoms with Crippen molar-refractivity contribution in [3.05, 3.63) is 11.7 Å². The molecule has 0 bridgehead atoms.